The molecular formula is C26H29N5O3S. The average molecular weight is 492 g/mol. The summed E-state index contributed by atoms with van der Waals surface area (Å²) in [6.07, 6.45) is 4.98. The van der Waals surface area contributed by atoms with Crippen molar-refractivity contribution < 1.29 is 14.3 Å². The van der Waals surface area contributed by atoms with Crippen molar-refractivity contribution in [2.75, 3.05) is 13.7 Å². The first kappa shape index (κ1) is 23.2. The molecule has 1 fully saturated rings. The summed E-state index contributed by atoms with van der Waals surface area (Å²) in [5.41, 5.74) is 2.41. The van der Waals surface area contributed by atoms with Crippen molar-refractivity contribution in [3.05, 3.63) is 60.0 Å². The summed E-state index contributed by atoms with van der Waals surface area (Å²) < 4.78 is 6.83. The number of likely N-dealkylation sites (tertiary alicyclic amines) is 1. The Morgan fingerprint density at radius 2 is 2.03 bits per heavy atom. The average Bonchev–Trinajstić information content (AvgIpc) is 3.65. The molecule has 2 atom stereocenters. The number of nitrogens with one attached hydrogen (secondary N) is 2. The number of imidazole rings is 1. The number of hydrogen-bond acceptors (Lipinski definition) is 5. The van der Waals surface area contributed by atoms with Crippen LogP contribution in [0, 0.1) is 5.92 Å². The number of methoxy groups -OCH3 is 1. The third kappa shape index (κ3) is 4.32. The second-order valence-corrected chi connectivity index (χ2v) is 9.98. The van der Waals surface area contributed by atoms with Crippen LogP contribution in [0.3, 0.4) is 0 Å². The van der Waals surface area contributed by atoms with E-state index < -0.39 is 12.1 Å². The van der Waals surface area contributed by atoms with Crippen LogP contribution in [-0.4, -0.2) is 51.1 Å². The van der Waals surface area contributed by atoms with Gasteiger partial charge < -0.3 is 19.9 Å². The van der Waals surface area contributed by atoms with Crippen molar-refractivity contribution in [1.29, 1.82) is 0 Å². The number of nitrogens with zero attached hydrogens (tertiary/aromatic N) is 3. The minimum absolute atomic E-state index is 0.0687. The van der Waals surface area contributed by atoms with Crippen LogP contribution in [0.1, 0.15) is 38.6 Å². The van der Waals surface area contributed by atoms with Gasteiger partial charge in [0.25, 0.3) is 0 Å². The van der Waals surface area contributed by atoms with Crippen LogP contribution in [0.15, 0.2) is 54.2 Å². The van der Waals surface area contributed by atoms with Gasteiger partial charge in [0.1, 0.15) is 22.5 Å². The summed E-state index contributed by atoms with van der Waals surface area (Å²) in [5, 5.41) is 6.08. The largest absolute Gasteiger partial charge is 0.453 e. The lowest BCUT2D eigenvalue weighted by Crippen LogP contribution is -2.51. The number of alkyl carbamates (subject to hydrolysis) is 1. The van der Waals surface area contributed by atoms with Crippen LogP contribution in [0.4, 0.5) is 4.79 Å². The number of hydrogen-bond donors (Lipinski definition) is 2. The molecule has 8 nitrogen and oxygen atoms in total. The van der Waals surface area contributed by atoms with Gasteiger partial charge in [0.15, 0.2) is 0 Å². The Bertz CT molecular complexity index is 1340. The molecule has 0 bridgehead atoms. The van der Waals surface area contributed by atoms with Gasteiger partial charge in [-0.05, 0) is 30.4 Å². The molecule has 182 valence electrons. The van der Waals surface area contributed by atoms with Gasteiger partial charge >= 0.3 is 6.09 Å². The van der Waals surface area contributed by atoms with Crippen LogP contribution >= 0.6 is 11.3 Å². The van der Waals surface area contributed by atoms with Crippen LogP contribution in [0.25, 0.3) is 27.2 Å². The maximum absolute atomic E-state index is 13.4. The number of aromatic amines is 1. The summed E-state index contributed by atoms with van der Waals surface area (Å²) in [6, 6.07) is 11.7. The highest BCUT2D eigenvalue weighted by molar-refractivity contribution is 7.17. The second-order valence-electron chi connectivity index (χ2n) is 9.12. The molecule has 1 aromatic carbocycles. The van der Waals surface area contributed by atoms with Crippen LogP contribution < -0.4 is 5.32 Å². The molecule has 0 unspecified atom stereocenters. The third-order valence-electron chi connectivity index (χ3n) is 6.59. The normalized spacial score (nSPS) is 16.7. The fraction of sp³-hybridized carbons (Fsp3) is 0.346. The first-order valence-corrected chi connectivity index (χ1v) is 12.7. The smallest absolute Gasteiger partial charge is 0.407 e. The Hall–Kier alpha value is -3.59. The van der Waals surface area contributed by atoms with E-state index in [-0.39, 0.29) is 17.9 Å². The Kier molecular flexibility index (Phi) is 6.34. The zero-order valence-corrected chi connectivity index (χ0v) is 20.8. The number of rotatable bonds is 6. The zero-order valence-electron chi connectivity index (χ0n) is 20.0. The number of carbonyl (C=O) groups excluding carboxylic acids is 2. The molecule has 5 rings (SSSR count). The summed E-state index contributed by atoms with van der Waals surface area (Å²) in [7, 11) is 1.30. The molecule has 9 heteroatoms. The Balaban J connectivity index is 1.40. The van der Waals surface area contributed by atoms with E-state index in [2.05, 4.69) is 61.8 Å². The number of fused-ring (bicyclic) bond motifs is 1. The van der Waals surface area contributed by atoms with Crippen molar-refractivity contribution in [2.45, 2.75) is 38.8 Å². The number of carbonyl (C=O) groups is 2. The van der Waals surface area contributed by atoms with Crippen LogP contribution in [-0.2, 0) is 9.53 Å². The first-order valence-electron chi connectivity index (χ1n) is 11.8. The van der Waals surface area contributed by atoms with Gasteiger partial charge in [-0.25, -0.2) is 9.78 Å². The summed E-state index contributed by atoms with van der Waals surface area (Å²) >= 11 is 1.70. The van der Waals surface area contributed by atoms with E-state index in [1.165, 1.54) is 23.6 Å². The number of H-pyrrole nitrogens is 1. The highest BCUT2D eigenvalue weighted by Gasteiger charge is 2.37. The van der Waals surface area contributed by atoms with E-state index in [1.807, 2.05) is 31.0 Å². The highest BCUT2D eigenvalue weighted by atomic mass is 32.1. The van der Waals surface area contributed by atoms with Crippen LogP contribution in [0.5, 0.6) is 0 Å². The molecule has 1 aliphatic heterocycles. The number of benzene rings is 1. The molecule has 2 amide bonds. The van der Waals surface area contributed by atoms with Gasteiger partial charge in [0.2, 0.25) is 5.91 Å². The number of aromatic nitrogens is 3. The molecule has 4 heterocycles. The lowest BCUT2D eigenvalue weighted by atomic mass is 10.0. The monoisotopic (exact) mass is 491 g/mol. The lowest BCUT2D eigenvalue weighted by molar-refractivity contribution is -0.135. The van der Waals surface area contributed by atoms with Crippen molar-refractivity contribution in [3.8, 4) is 16.9 Å². The van der Waals surface area contributed by atoms with E-state index in [9.17, 15) is 9.59 Å². The van der Waals surface area contributed by atoms with Gasteiger partial charge in [-0.3, -0.25) is 9.36 Å². The van der Waals surface area contributed by atoms with Crippen molar-refractivity contribution in [1.82, 2.24) is 24.8 Å². The number of thiophene rings is 1. The topological polar surface area (TPSA) is 92.2 Å². The minimum atomic E-state index is -0.649. The molecule has 0 aliphatic carbocycles. The Morgan fingerprint density at radius 1 is 1.23 bits per heavy atom. The fourth-order valence-electron chi connectivity index (χ4n) is 4.76. The van der Waals surface area contributed by atoms with Gasteiger partial charge in [-0.2, -0.15) is 0 Å². The maximum Gasteiger partial charge on any atom is 0.407 e. The molecule has 3 aromatic heterocycles. The second kappa shape index (κ2) is 9.58. The molecule has 0 saturated carbocycles. The molecule has 1 aliphatic rings. The predicted octanol–water partition coefficient (Wildman–Crippen LogP) is 5.13. The van der Waals surface area contributed by atoms with Crippen LogP contribution in [0.2, 0.25) is 0 Å². The lowest BCUT2D eigenvalue weighted by Gasteiger charge is -2.29. The van der Waals surface area contributed by atoms with Gasteiger partial charge in [-0.15, -0.1) is 11.3 Å². The SMILES string of the molecule is COC(=O)N[C@H](C(=O)N1CCC[C@H]1c1ncc(-n2ccc3c(-c4ccccc4)csc32)[nH]1)C(C)C. The molecule has 4 aromatic rings. The van der Waals surface area contributed by atoms with E-state index in [0.29, 0.717) is 6.54 Å². The molecular weight excluding hydrogens is 462 g/mol. The van der Waals surface area contributed by atoms with Gasteiger partial charge in [-0.1, -0.05) is 44.2 Å². The fourth-order valence-corrected chi connectivity index (χ4v) is 5.83. The molecule has 1 saturated heterocycles. The summed E-state index contributed by atoms with van der Waals surface area (Å²) in [5.74, 6) is 1.44. The predicted molar refractivity (Wildman–Crippen MR) is 137 cm³/mol. The Labute approximate surface area is 207 Å². The van der Waals surface area contributed by atoms with E-state index in [0.717, 1.165) is 29.3 Å². The Morgan fingerprint density at radius 3 is 2.77 bits per heavy atom. The number of ether oxygens (including phenoxy) is 1. The standard InChI is InChI=1S/C26H29N5O3S/c1-16(2)22(29-26(33)34-3)24(32)30-12-7-10-20(30)23-27-14-21(28-23)31-13-11-18-19(15-35-25(18)31)17-8-5-4-6-9-17/h4-6,8-9,11,13-16,20,22H,7,10,12H2,1-3H3,(H,27,28)(H,29,33)/t20-,22-/m0/s1. The van der Waals surface area contributed by atoms with Crippen molar-refractivity contribution in [2.24, 2.45) is 5.92 Å². The zero-order chi connectivity index (χ0) is 24.5. The van der Waals surface area contributed by atoms with Crippen molar-refractivity contribution in [3.63, 3.8) is 0 Å². The summed E-state index contributed by atoms with van der Waals surface area (Å²) in [4.78, 5) is 36.3. The maximum atomic E-state index is 13.4. The quantitative estimate of drug-likeness (QED) is 0.391. The summed E-state index contributed by atoms with van der Waals surface area (Å²) in [6.45, 7) is 4.46. The molecule has 0 spiro atoms. The number of amides is 2. The van der Waals surface area contributed by atoms with Gasteiger partial charge in [0, 0.05) is 29.1 Å². The van der Waals surface area contributed by atoms with E-state index in [1.54, 1.807) is 11.3 Å². The molecule has 0 radical (unpaired) electrons. The first-order chi connectivity index (χ1) is 17.0. The molecule has 35 heavy (non-hydrogen) atoms. The third-order valence-corrected chi connectivity index (χ3v) is 7.58. The van der Waals surface area contributed by atoms with Gasteiger partial charge in [0.05, 0.1) is 19.3 Å². The van der Waals surface area contributed by atoms with E-state index in [4.69, 9.17) is 4.74 Å². The van der Waals surface area contributed by atoms with E-state index >= 15 is 0 Å². The molecule has 2 N–H and O–H groups in total. The van der Waals surface area contributed by atoms with Crippen molar-refractivity contribution >= 4 is 33.6 Å². The highest BCUT2D eigenvalue weighted by Crippen LogP contribution is 2.37. The minimum Gasteiger partial charge on any atom is -0.453 e.